The van der Waals surface area contributed by atoms with Crippen LogP contribution < -0.4 is 0 Å². The van der Waals surface area contributed by atoms with Gasteiger partial charge >= 0.3 is 0 Å². The van der Waals surface area contributed by atoms with Crippen LogP contribution in [0.4, 0.5) is 0 Å². The Bertz CT molecular complexity index is 427. The third-order valence-corrected chi connectivity index (χ3v) is 2.37. The van der Waals surface area contributed by atoms with Crippen molar-refractivity contribution in [3.8, 4) is 0 Å². The minimum Gasteiger partial charge on any atom is -0.382 e. The molecule has 1 heterocycles. The van der Waals surface area contributed by atoms with Crippen LogP contribution in [-0.2, 0) is 0 Å². The van der Waals surface area contributed by atoms with E-state index < -0.39 is 6.10 Å². The number of hydrogen-bond acceptors (Lipinski definition) is 2. The highest BCUT2D eigenvalue weighted by Gasteiger charge is 2.10. The van der Waals surface area contributed by atoms with E-state index >= 15 is 0 Å². The van der Waals surface area contributed by atoms with Crippen LogP contribution in [0, 0.1) is 0 Å². The van der Waals surface area contributed by atoms with Gasteiger partial charge in [-0.3, -0.25) is 4.98 Å². The van der Waals surface area contributed by atoms with Crippen LogP contribution in [0.25, 0.3) is 0 Å². The molecule has 0 bridgehead atoms. The lowest BCUT2D eigenvalue weighted by atomic mass is 10.1. The van der Waals surface area contributed by atoms with Crippen molar-refractivity contribution in [1.82, 2.24) is 4.98 Å². The smallest absolute Gasteiger partial charge is 0.121 e. The number of aliphatic hydroxyl groups excluding tert-OH is 1. The fourth-order valence-corrected chi connectivity index (χ4v) is 1.47. The van der Waals surface area contributed by atoms with E-state index in [0.29, 0.717) is 10.7 Å². The molecule has 0 spiro atoms. The average Bonchev–Trinajstić information content (AvgIpc) is 2.30. The Labute approximate surface area is 93.2 Å². The van der Waals surface area contributed by atoms with Gasteiger partial charge in [-0.1, -0.05) is 41.9 Å². The highest BCUT2D eigenvalue weighted by molar-refractivity contribution is 6.30. The SMILES string of the molecule is OC(c1ccccc1)c1ccc(Cl)cn1. The van der Waals surface area contributed by atoms with Gasteiger partial charge in [0.1, 0.15) is 6.10 Å². The molecular formula is C12H10ClNO. The lowest BCUT2D eigenvalue weighted by molar-refractivity contribution is 0.215. The second-order valence-corrected chi connectivity index (χ2v) is 3.65. The second kappa shape index (κ2) is 4.43. The highest BCUT2D eigenvalue weighted by atomic mass is 35.5. The van der Waals surface area contributed by atoms with Gasteiger partial charge in [-0.05, 0) is 17.7 Å². The maximum absolute atomic E-state index is 9.98. The molecule has 1 aromatic heterocycles. The molecule has 2 rings (SSSR count). The third-order valence-electron chi connectivity index (χ3n) is 2.15. The summed E-state index contributed by atoms with van der Waals surface area (Å²) >= 11 is 5.72. The van der Waals surface area contributed by atoms with E-state index in [2.05, 4.69) is 4.98 Å². The maximum Gasteiger partial charge on any atom is 0.121 e. The normalized spacial score (nSPS) is 12.4. The topological polar surface area (TPSA) is 33.1 Å². The molecule has 0 saturated carbocycles. The lowest BCUT2D eigenvalue weighted by Crippen LogP contribution is -2.01. The van der Waals surface area contributed by atoms with Gasteiger partial charge in [-0.2, -0.15) is 0 Å². The monoisotopic (exact) mass is 219 g/mol. The molecule has 0 aliphatic heterocycles. The molecular weight excluding hydrogens is 210 g/mol. The molecule has 1 aromatic carbocycles. The van der Waals surface area contributed by atoms with Gasteiger partial charge < -0.3 is 5.11 Å². The van der Waals surface area contributed by atoms with Gasteiger partial charge in [0.2, 0.25) is 0 Å². The zero-order valence-corrected chi connectivity index (χ0v) is 8.72. The molecule has 0 radical (unpaired) electrons. The van der Waals surface area contributed by atoms with E-state index in [9.17, 15) is 5.11 Å². The molecule has 1 N–H and O–H groups in total. The van der Waals surface area contributed by atoms with Crippen LogP contribution in [0.1, 0.15) is 17.4 Å². The Kier molecular flexibility index (Phi) is 2.99. The van der Waals surface area contributed by atoms with E-state index in [-0.39, 0.29) is 0 Å². The standard InChI is InChI=1S/C12H10ClNO/c13-10-6-7-11(14-8-10)12(15)9-4-2-1-3-5-9/h1-8,12,15H. The molecule has 15 heavy (non-hydrogen) atoms. The molecule has 1 unspecified atom stereocenters. The quantitative estimate of drug-likeness (QED) is 0.843. The Morgan fingerprint density at radius 1 is 1.07 bits per heavy atom. The maximum atomic E-state index is 9.98. The lowest BCUT2D eigenvalue weighted by Gasteiger charge is -2.09. The number of hydrogen-bond donors (Lipinski definition) is 1. The molecule has 0 amide bonds. The molecule has 2 nitrogen and oxygen atoms in total. The minimum atomic E-state index is -0.691. The molecule has 0 aliphatic carbocycles. The predicted molar refractivity (Wildman–Crippen MR) is 59.8 cm³/mol. The van der Waals surface area contributed by atoms with Crippen molar-refractivity contribution in [2.75, 3.05) is 0 Å². The summed E-state index contributed by atoms with van der Waals surface area (Å²) in [5.74, 6) is 0. The fraction of sp³-hybridized carbons (Fsp3) is 0.0833. The van der Waals surface area contributed by atoms with Crippen LogP contribution in [-0.4, -0.2) is 10.1 Å². The summed E-state index contributed by atoms with van der Waals surface area (Å²) in [7, 11) is 0. The van der Waals surface area contributed by atoms with Crippen molar-refractivity contribution in [1.29, 1.82) is 0 Å². The first kappa shape index (κ1) is 10.1. The zero-order chi connectivity index (χ0) is 10.7. The number of benzene rings is 1. The number of halogens is 1. The Balaban J connectivity index is 2.29. The van der Waals surface area contributed by atoms with Gasteiger partial charge in [0.15, 0.2) is 0 Å². The number of pyridine rings is 1. The molecule has 0 saturated heterocycles. The van der Waals surface area contributed by atoms with Gasteiger partial charge in [-0.15, -0.1) is 0 Å². The van der Waals surface area contributed by atoms with Crippen molar-refractivity contribution < 1.29 is 5.11 Å². The average molecular weight is 220 g/mol. The van der Waals surface area contributed by atoms with E-state index in [1.165, 1.54) is 6.20 Å². The number of rotatable bonds is 2. The van der Waals surface area contributed by atoms with Crippen LogP contribution in [0.2, 0.25) is 5.02 Å². The van der Waals surface area contributed by atoms with Gasteiger partial charge in [0.05, 0.1) is 10.7 Å². The van der Waals surface area contributed by atoms with Crippen LogP contribution in [0.15, 0.2) is 48.7 Å². The van der Waals surface area contributed by atoms with Crippen molar-refractivity contribution in [2.24, 2.45) is 0 Å². The van der Waals surface area contributed by atoms with E-state index in [1.807, 2.05) is 30.3 Å². The summed E-state index contributed by atoms with van der Waals surface area (Å²) in [5, 5.41) is 10.5. The molecule has 0 aliphatic rings. The number of aliphatic hydroxyl groups is 1. The number of nitrogens with zero attached hydrogens (tertiary/aromatic N) is 1. The summed E-state index contributed by atoms with van der Waals surface area (Å²) in [4.78, 5) is 4.07. The largest absolute Gasteiger partial charge is 0.382 e. The summed E-state index contributed by atoms with van der Waals surface area (Å²) < 4.78 is 0. The first-order chi connectivity index (χ1) is 7.27. The van der Waals surface area contributed by atoms with Gasteiger partial charge in [-0.25, -0.2) is 0 Å². The highest BCUT2D eigenvalue weighted by Crippen LogP contribution is 2.20. The van der Waals surface area contributed by atoms with Crippen molar-refractivity contribution in [2.45, 2.75) is 6.10 Å². The van der Waals surface area contributed by atoms with Crippen LogP contribution in [0.3, 0.4) is 0 Å². The van der Waals surface area contributed by atoms with E-state index in [0.717, 1.165) is 5.56 Å². The Morgan fingerprint density at radius 3 is 2.40 bits per heavy atom. The third kappa shape index (κ3) is 2.35. The molecule has 3 heteroatoms. The zero-order valence-electron chi connectivity index (χ0n) is 7.97. The predicted octanol–water partition coefficient (Wildman–Crippen LogP) is 2.82. The van der Waals surface area contributed by atoms with Gasteiger partial charge in [0, 0.05) is 6.20 Å². The summed E-state index contributed by atoms with van der Waals surface area (Å²) in [6.07, 6.45) is 0.840. The van der Waals surface area contributed by atoms with Crippen molar-refractivity contribution >= 4 is 11.6 Å². The summed E-state index contributed by atoms with van der Waals surface area (Å²) in [5.41, 5.74) is 1.43. The van der Waals surface area contributed by atoms with E-state index in [1.54, 1.807) is 12.1 Å². The molecule has 0 fully saturated rings. The summed E-state index contributed by atoms with van der Waals surface area (Å²) in [6.45, 7) is 0. The minimum absolute atomic E-state index is 0.569. The number of aromatic nitrogens is 1. The van der Waals surface area contributed by atoms with E-state index in [4.69, 9.17) is 11.6 Å². The fourth-order valence-electron chi connectivity index (χ4n) is 1.36. The van der Waals surface area contributed by atoms with Crippen molar-refractivity contribution in [3.05, 3.63) is 64.9 Å². The second-order valence-electron chi connectivity index (χ2n) is 3.21. The molecule has 2 aromatic rings. The first-order valence-electron chi connectivity index (χ1n) is 4.62. The first-order valence-corrected chi connectivity index (χ1v) is 4.99. The van der Waals surface area contributed by atoms with Crippen molar-refractivity contribution in [3.63, 3.8) is 0 Å². The Hall–Kier alpha value is -1.38. The Morgan fingerprint density at radius 2 is 1.80 bits per heavy atom. The molecule has 1 atom stereocenters. The van der Waals surface area contributed by atoms with Crippen LogP contribution in [0.5, 0.6) is 0 Å². The molecule has 76 valence electrons. The summed E-state index contributed by atoms with van der Waals surface area (Å²) in [6, 6.07) is 12.8. The van der Waals surface area contributed by atoms with Crippen LogP contribution >= 0.6 is 11.6 Å². The van der Waals surface area contributed by atoms with Gasteiger partial charge in [0.25, 0.3) is 0 Å².